The molecule has 0 atom stereocenters. The van der Waals surface area contributed by atoms with Crippen LogP contribution in [0.4, 0.5) is 0 Å². The van der Waals surface area contributed by atoms with E-state index < -0.39 is 0 Å². The molecule has 0 aliphatic rings. The zero-order valence-electron chi connectivity index (χ0n) is 11.5. The van der Waals surface area contributed by atoms with E-state index in [4.69, 9.17) is 16.3 Å². The van der Waals surface area contributed by atoms with Crippen molar-refractivity contribution in [1.82, 2.24) is 0 Å². The Morgan fingerprint density at radius 3 is 2.48 bits per heavy atom. The lowest BCUT2D eigenvalue weighted by Crippen LogP contribution is -1.91. The van der Waals surface area contributed by atoms with Crippen molar-refractivity contribution in [1.29, 1.82) is 0 Å². The lowest BCUT2D eigenvalue weighted by atomic mass is 9.97. The molecule has 0 spiro atoms. The highest BCUT2D eigenvalue weighted by molar-refractivity contribution is 6.36. The zero-order valence-corrected chi connectivity index (χ0v) is 12.2. The molecule has 0 aliphatic heterocycles. The predicted molar refractivity (Wildman–Crippen MR) is 86.3 cm³/mol. The third-order valence-corrected chi connectivity index (χ3v) is 3.87. The van der Waals surface area contributed by atoms with E-state index in [1.54, 1.807) is 7.11 Å². The van der Waals surface area contributed by atoms with E-state index in [0.29, 0.717) is 11.3 Å². The molecule has 0 bridgehead atoms. The molecule has 3 heteroatoms. The van der Waals surface area contributed by atoms with E-state index in [-0.39, 0.29) is 0 Å². The van der Waals surface area contributed by atoms with Crippen molar-refractivity contribution < 1.29 is 9.53 Å². The molecule has 0 aliphatic carbocycles. The first-order valence-electron chi connectivity index (χ1n) is 6.55. The first kappa shape index (κ1) is 13.7. The van der Waals surface area contributed by atoms with Gasteiger partial charge in [0.05, 0.1) is 12.7 Å². The average molecular weight is 297 g/mol. The van der Waals surface area contributed by atoms with Gasteiger partial charge in [-0.2, -0.15) is 0 Å². The molecular formula is C18H13ClO2. The Hall–Kier alpha value is -2.32. The monoisotopic (exact) mass is 296 g/mol. The Morgan fingerprint density at radius 2 is 1.76 bits per heavy atom. The fourth-order valence-electron chi connectivity index (χ4n) is 2.51. The Balaban J connectivity index is 2.26. The van der Waals surface area contributed by atoms with Gasteiger partial charge in [0.25, 0.3) is 0 Å². The molecule has 0 aromatic heterocycles. The van der Waals surface area contributed by atoms with Gasteiger partial charge >= 0.3 is 0 Å². The molecule has 21 heavy (non-hydrogen) atoms. The summed E-state index contributed by atoms with van der Waals surface area (Å²) in [5.74, 6) is 0.576. The van der Waals surface area contributed by atoms with Crippen LogP contribution in [0.5, 0.6) is 5.75 Å². The van der Waals surface area contributed by atoms with Crippen molar-refractivity contribution in [3.63, 3.8) is 0 Å². The Bertz CT molecular complexity index is 825. The summed E-state index contributed by atoms with van der Waals surface area (Å²) in [5, 5.41) is 2.78. The van der Waals surface area contributed by atoms with Gasteiger partial charge in [0.1, 0.15) is 5.75 Å². The molecule has 3 rings (SSSR count). The maximum atomic E-state index is 11.2. The standard InChI is InChI=1S/C18H13ClO2/c1-21-18-9-6-12(10-13(18)11-20)14-7-8-17(19)16-5-3-2-4-15(14)16/h2-11H,1H3. The lowest BCUT2D eigenvalue weighted by Gasteiger charge is -2.10. The van der Waals surface area contributed by atoms with Crippen LogP contribution in [-0.2, 0) is 0 Å². The zero-order chi connectivity index (χ0) is 14.8. The van der Waals surface area contributed by atoms with Crippen LogP contribution in [0.1, 0.15) is 10.4 Å². The van der Waals surface area contributed by atoms with E-state index in [1.807, 2.05) is 54.6 Å². The van der Waals surface area contributed by atoms with Crippen molar-refractivity contribution >= 4 is 28.7 Å². The van der Waals surface area contributed by atoms with Crippen LogP contribution in [0.3, 0.4) is 0 Å². The van der Waals surface area contributed by atoms with Gasteiger partial charge < -0.3 is 4.74 Å². The van der Waals surface area contributed by atoms with Crippen molar-refractivity contribution in [2.45, 2.75) is 0 Å². The number of carbonyl (C=O) groups excluding carboxylic acids is 1. The third-order valence-electron chi connectivity index (χ3n) is 3.54. The largest absolute Gasteiger partial charge is 0.496 e. The minimum atomic E-state index is 0.536. The van der Waals surface area contributed by atoms with Crippen LogP contribution < -0.4 is 4.74 Å². The van der Waals surface area contributed by atoms with Crippen molar-refractivity contribution in [2.75, 3.05) is 7.11 Å². The highest BCUT2D eigenvalue weighted by atomic mass is 35.5. The highest BCUT2D eigenvalue weighted by Crippen LogP contribution is 2.34. The number of ether oxygens (including phenoxy) is 1. The van der Waals surface area contributed by atoms with Gasteiger partial charge in [-0.05, 0) is 34.7 Å². The number of carbonyl (C=O) groups is 1. The second kappa shape index (κ2) is 5.58. The lowest BCUT2D eigenvalue weighted by molar-refractivity contribution is 0.112. The van der Waals surface area contributed by atoms with Crippen LogP contribution >= 0.6 is 11.6 Å². The van der Waals surface area contributed by atoms with Gasteiger partial charge in [-0.3, -0.25) is 4.79 Å². The summed E-state index contributed by atoms with van der Waals surface area (Å²) in [6.45, 7) is 0. The smallest absolute Gasteiger partial charge is 0.153 e. The number of methoxy groups -OCH3 is 1. The number of fused-ring (bicyclic) bond motifs is 1. The quantitative estimate of drug-likeness (QED) is 0.637. The van der Waals surface area contributed by atoms with Gasteiger partial charge in [-0.25, -0.2) is 0 Å². The molecule has 0 amide bonds. The van der Waals surface area contributed by atoms with E-state index in [0.717, 1.165) is 33.2 Å². The third kappa shape index (κ3) is 2.39. The molecule has 0 saturated carbocycles. The fourth-order valence-corrected chi connectivity index (χ4v) is 2.74. The average Bonchev–Trinajstić information content (AvgIpc) is 2.55. The summed E-state index contributed by atoms with van der Waals surface area (Å²) in [5.41, 5.74) is 2.54. The van der Waals surface area contributed by atoms with Gasteiger partial charge in [0, 0.05) is 10.4 Å². The maximum absolute atomic E-state index is 11.2. The predicted octanol–water partition coefficient (Wildman–Crippen LogP) is 4.98. The van der Waals surface area contributed by atoms with Gasteiger partial charge in [-0.1, -0.05) is 48.0 Å². The SMILES string of the molecule is COc1ccc(-c2ccc(Cl)c3ccccc23)cc1C=O. The summed E-state index contributed by atoms with van der Waals surface area (Å²) < 4.78 is 5.18. The van der Waals surface area contributed by atoms with Gasteiger partial charge in [0.15, 0.2) is 6.29 Å². The van der Waals surface area contributed by atoms with Gasteiger partial charge in [0.2, 0.25) is 0 Å². The molecule has 0 saturated heterocycles. The Labute approximate surface area is 127 Å². The molecule has 0 heterocycles. The number of aldehydes is 1. The fraction of sp³-hybridized carbons (Fsp3) is 0.0556. The van der Waals surface area contributed by atoms with Gasteiger partial charge in [-0.15, -0.1) is 0 Å². The molecule has 3 aromatic rings. The molecule has 0 radical (unpaired) electrons. The highest BCUT2D eigenvalue weighted by Gasteiger charge is 2.09. The topological polar surface area (TPSA) is 26.3 Å². The van der Waals surface area contributed by atoms with E-state index >= 15 is 0 Å². The second-order valence-electron chi connectivity index (χ2n) is 4.72. The van der Waals surface area contributed by atoms with E-state index in [9.17, 15) is 4.79 Å². The van der Waals surface area contributed by atoms with E-state index in [1.165, 1.54) is 0 Å². The first-order valence-corrected chi connectivity index (χ1v) is 6.93. The first-order chi connectivity index (χ1) is 10.2. The molecule has 3 aromatic carbocycles. The molecule has 0 N–H and O–H groups in total. The number of halogens is 1. The van der Waals surface area contributed by atoms with Crippen molar-refractivity contribution in [3.8, 4) is 16.9 Å². The van der Waals surface area contributed by atoms with Crippen LogP contribution in [0.15, 0.2) is 54.6 Å². The number of benzene rings is 3. The molecule has 0 unspecified atom stereocenters. The Morgan fingerprint density at radius 1 is 1.00 bits per heavy atom. The minimum Gasteiger partial charge on any atom is -0.496 e. The number of rotatable bonds is 3. The summed E-state index contributed by atoms with van der Waals surface area (Å²) >= 11 is 6.25. The molecule has 104 valence electrons. The van der Waals surface area contributed by atoms with Crippen molar-refractivity contribution in [3.05, 3.63) is 65.2 Å². The minimum absolute atomic E-state index is 0.536. The Kier molecular flexibility index (Phi) is 3.63. The molecule has 2 nitrogen and oxygen atoms in total. The van der Waals surface area contributed by atoms with Crippen LogP contribution in [0.25, 0.3) is 21.9 Å². The molecular weight excluding hydrogens is 284 g/mol. The van der Waals surface area contributed by atoms with Crippen LogP contribution in [-0.4, -0.2) is 13.4 Å². The summed E-state index contributed by atoms with van der Waals surface area (Å²) in [6, 6.07) is 17.4. The number of hydrogen-bond acceptors (Lipinski definition) is 2. The number of hydrogen-bond donors (Lipinski definition) is 0. The summed E-state index contributed by atoms with van der Waals surface area (Å²) in [4.78, 5) is 11.2. The normalized spacial score (nSPS) is 10.6. The maximum Gasteiger partial charge on any atom is 0.153 e. The summed E-state index contributed by atoms with van der Waals surface area (Å²) in [6.07, 6.45) is 0.806. The van der Waals surface area contributed by atoms with E-state index in [2.05, 4.69) is 0 Å². The van der Waals surface area contributed by atoms with Crippen molar-refractivity contribution in [2.24, 2.45) is 0 Å². The molecule has 0 fully saturated rings. The second-order valence-corrected chi connectivity index (χ2v) is 5.12. The van der Waals surface area contributed by atoms with Crippen LogP contribution in [0, 0.1) is 0 Å². The van der Waals surface area contributed by atoms with Crippen LogP contribution in [0.2, 0.25) is 5.02 Å². The summed E-state index contributed by atoms with van der Waals surface area (Å²) in [7, 11) is 1.56.